The second-order valence-electron chi connectivity index (χ2n) is 4.77. The van der Waals surface area contributed by atoms with Crippen LogP contribution in [-0.4, -0.2) is 35.6 Å². The third-order valence-corrected chi connectivity index (χ3v) is 2.97. The van der Waals surface area contributed by atoms with Crippen LogP contribution in [0.3, 0.4) is 0 Å². The first-order valence-electron chi connectivity index (χ1n) is 6.15. The van der Waals surface area contributed by atoms with Crippen molar-refractivity contribution in [2.45, 2.75) is 38.0 Å². The molecular weight excluding hydrogens is 218 g/mol. The molecule has 1 aromatic rings. The van der Waals surface area contributed by atoms with Gasteiger partial charge in [0.25, 0.3) is 0 Å². The van der Waals surface area contributed by atoms with E-state index in [0.717, 1.165) is 25.1 Å². The molecule has 92 valence electrons. The maximum atomic E-state index is 5.56. The second kappa shape index (κ2) is 4.58. The van der Waals surface area contributed by atoms with E-state index in [9.17, 15) is 0 Å². The summed E-state index contributed by atoms with van der Waals surface area (Å²) < 4.78 is 11.1. The Hall–Kier alpha value is -1.20. The molecule has 1 N–H and O–H groups in total. The quantitative estimate of drug-likeness (QED) is 0.849. The van der Waals surface area contributed by atoms with Crippen molar-refractivity contribution in [2.24, 2.45) is 0 Å². The first kappa shape index (κ1) is 10.9. The molecule has 0 amide bonds. The topological polar surface area (TPSA) is 56.3 Å². The fourth-order valence-electron chi connectivity index (χ4n) is 1.91. The van der Waals surface area contributed by atoms with Gasteiger partial charge in [0.1, 0.15) is 6.10 Å². The van der Waals surface area contributed by atoms with Gasteiger partial charge in [0.2, 0.25) is 5.88 Å². The van der Waals surface area contributed by atoms with Crippen LogP contribution in [0.25, 0.3) is 0 Å². The lowest BCUT2D eigenvalue weighted by Crippen LogP contribution is -2.42. The van der Waals surface area contributed by atoms with E-state index in [2.05, 4.69) is 22.4 Å². The summed E-state index contributed by atoms with van der Waals surface area (Å²) in [6.07, 6.45) is 2.64. The summed E-state index contributed by atoms with van der Waals surface area (Å²) in [5.41, 5.74) is 0.916. The molecule has 0 unspecified atom stereocenters. The Morgan fingerprint density at radius 2 is 2.18 bits per heavy atom. The molecule has 17 heavy (non-hydrogen) atoms. The summed E-state index contributed by atoms with van der Waals surface area (Å²) in [5.74, 6) is 0.626. The highest BCUT2D eigenvalue weighted by Crippen LogP contribution is 2.25. The summed E-state index contributed by atoms with van der Waals surface area (Å²) in [4.78, 5) is 0. The molecule has 2 fully saturated rings. The van der Waals surface area contributed by atoms with Gasteiger partial charge in [-0.1, -0.05) is 0 Å². The van der Waals surface area contributed by atoms with Crippen LogP contribution >= 0.6 is 0 Å². The van der Waals surface area contributed by atoms with Gasteiger partial charge in [-0.25, -0.2) is 0 Å². The zero-order chi connectivity index (χ0) is 11.7. The summed E-state index contributed by atoms with van der Waals surface area (Å²) in [7, 11) is 0. The Labute approximate surface area is 101 Å². The molecule has 2 heterocycles. The average molecular weight is 235 g/mol. The highest BCUT2D eigenvalue weighted by Gasteiger charge is 2.25. The minimum Gasteiger partial charge on any atom is -0.473 e. The third-order valence-electron chi connectivity index (χ3n) is 2.97. The number of nitrogens with zero attached hydrogens (tertiary/aromatic N) is 2. The fourth-order valence-corrected chi connectivity index (χ4v) is 1.91. The highest BCUT2D eigenvalue weighted by atomic mass is 16.5. The van der Waals surface area contributed by atoms with Gasteiger partial charge in [-0.05, 0) is 25.8 Å². The van der Waals surface area contributed by atoms with Gasteiger partial charge in [-0.3, -0.25) is 0 Å². The minimum absolute atomic E-state index is 0.140. The first-order chi connectivity index (χ1) is 8.31. The van der Waals surface area contributed by atoms with Crippen LogP contribution < -0.4 is 10.1 Å². The molecule has 2 aliphatic rings. The Morgan fingerprint density at radius 3 is 2.82 bits per heavy atom. The lowest BCUT2D eigenvalue weighted by Gasteiger charge is -2.28. The van der Waals surface area contributed by atoms with Gasteiger partial charge in [0.05, 0.1) is 24.9 Å². The minimum atomic E-state index is 0.140. The van der Waals surface area contributed by atoms with Crippen LogP contribution in [0.5, 0.6) is 5.88 Å². The van der Waals surface area contributed by atoms with Crippen molar-refractivity contribution in [1.29, 1.82) is 0 Å². The van der Waals surface area contributed by atoms with Crippen LogP contribution in [0.4, 0.5) is 0 Å². The van der Waals surface area contributed by atoms with Crippen molar-refractivity contribution < 1.29 is 9.47 Å². The average Bonchev–Trinajstić information content (AvgIpc) is 3.14. The van der Waals surface area contributed by atoms with Crippen LogP contribution in [0, 0.1) is 0 Å². The van der Waals surface area contributed by atoms with Crippen molar-refractivity contribution >= 4 is 0 Å². The third kappa shape index (κ3) is 2.73. The largest absolute Gasteiger partial charge is 0.473 e. The molecule has 0 aromatic carbocycles. The van der Waals surface area contributed by atoms with E-state index in [1.54, 1.807) is 0 Å². The van der Waals surface area contributed by atoms with Gasteiger partial charge < -0.3 is 14.8 Å². The zero-order valence-corrected chi connectivity index (χ0v) is 9.93. The molecular formula is C12H17N3O2. The lowest BCUT2D eigenvalue weighted by atomic mass is 10.1. The van der Waals surface area contributed by atoms with Crippen molar-refractivity contribution in [1.82, 2.24) is 15.5 Å². The van der Waals surface area contributed by atoms with Crippen molar-refractivity contribution in [2.75, 3.05) is 13.2 Å². The van der Waals surface area contributed by atoms with Gasteiger partial charge in [-0.2, -0.15) is 5.10 Å². The fraction of sp³-hybridized carbons (Fsp3) is 0.667. The Bertz CT molecular complexity index is 378. The summed E-state index contributed by atoms with van der Waals surface area (Å²) in [6.45, 7) is 3.51. The van der Waals surface area contributed by atoms with Gasteiger partial charge in [-0.15, -0.1) is 5.10 Å². The highest BCUT2D eigenvalue weighted by molar-refractivity contribution is 5.15. The van der Waals surface area contributed by atoms with Crippen LogP contribution in [0.1, 0.15) is 31.5 Å². The van der Waals surface area contributed by atoms with Gasteiger partial charge in [0.15, 0.2) is 0 Å². The summed E-state index contributed by atoms with van der Waals surface area (Å²) in [6, 6.07) is 4.35. The summed E-state index contributed by atoms with van der Waals surface area (Å²) >= 11 is 0. The molecule has 0 spiro atoms. The predicted octanol–water partition coefficient (Wildman–Crippen LogP) is 1.07. The Morgan fingerprint density at radius 1 is 1.29 bits per heavy atom. The van der Waals surface area contributed by atoms with Crippen LogP contribution in [-0.2, 0) is 4.74 Å². The normalized spacial score (nSPS) is 29.0. The molecule has 0 radical (unpaired) electrons. The van der Waals surface area contributed by atoms with Gasteiger partial charge >= 0.3 is 0 Å². The smallest absolute Gasteiger partial charge is 0.233 e. The van der Waals surface area contributed by atoms with E-state index in [-0.39, 0.29) is 6.04 Å². The van der Waals surface area contributed by atoms with Gasteiger partial charge in [0, 0.05) is 12.1 Å². The molecule has 5 heteroatoms. The van der Waals surface area contributed by atoms with Crippen molar-refractivity contribution in [3.05, 3.63) is 17.8 Å². The zero-order valence-electron chi connectivity index (χ0n) is 9.93. The predicted molar refractivity (Wildman–Crippen MR) is 61.8 cm³/mol. The maximum Gasteiger partial charge on any atom is 0.233 e. The molecule has 3 rings (SSSR count). The molecule has 1 saturated carbocycles. The number of hydrogen-bond acceptors (Lipinski definition) is 5. The van der Waals surface area contributed by atoms with E-state index in [0.29, 0.717) is 24.6 Å². The van der Waals surface area contributed by atoms with E-state index in [4.69, 9.17) is 9.47 Å². The molecule has 1 aliphatic carbocycles. The van der Waals surface area contributed by atoms with E-state index >= 15 is 0 Å². The van der Waals surface area contributed by atoms with Crippen molar-refractivity contribution in [3.8, 4) is 5.88 Å². The van der Waals surface area contributed by atoms with E-state index < -0.39 is 0 Å². The summed E-state index contributed by atoms with van der Waals surface area (Å²) in [5, 5.41) is 11.7. The van der Waals surface area contributed by atoms with Crippen LogP contribution in [0.2, 0.25) is 0 Å². The molecule has 5 nitrogen and oxygen atoms in total. The lowest BCUT2D eigenvalue weighted by molar-refractivity contribution is 0.0488. The van der Waals surface area contributed by atoms with E-state index in [1.165, 1.54) is 0 Å². The molecule has 1 aromatic heterocycles. The maximum absolute atomic E-state index is 5.56. The molecule has 1 saturated heterocycles. The molecule has 1 aliphatic heterocycles. The Kier molecular flexibility index (Phi) is 2.94. The molecule has 0 bridgehead atoms. The first-order valence-corrected chi connectivity index (χ1v) is 6.15. The SMILES string of the molecule is C[C@@H]1COC[C@H](c2ccc(OC3CC3)nn2)N1. The number of rotatable bonds is 3. The monoisotopic (exact) mass is 235 g/mol. The molecule has 2 atom stereocenters. The number of aromatic nitrogens is 2. The number of morpholine rings is 1. The van der Waals surface area contributed by atoms with Crippen molar-refractivity contribution in [3.63, 3.8) is 0 Å². The number of nitrogens with one attached hydrogen (secondary N) is 1. The Balaban J connectivity index is 1.65. The van der Waals surface area contributed by atoms with E-state index in [1.807, 2.05) is 12.1 Å². The second-order valence-corrected chi connectivity index (χ2v) is 4.77. The number of hydrogen-bond donors (Lipinski definition) is 1. The standard InChI is InChI=1S/C12H17N3O2/c1-8-6-16-7-11(13-8)10-4-5-12(15-14-10)17-9-2-3-9/h4-5,8-9,11,13H,2-3,6-7H2,1H3/t8-,11-/m1/s1. The van der Waals surface area contributed by atoms with Crippen LogP contribution in [0.15, 0.2) is 12.1 Å². The number of ether oxygens (including phenoxy) is 2.